The number of benzene rings is 2. The fourth-order valence-corrected chi connectivity index (χ4v) is 2.29. The number of thioether (sulfide) groups is 1. The van der Waals surface area contributed by atoms with Crippen molar-refractivity contribution >= 4 is 17.6 Å². The summed E-state index contributed by atoms with van der Waals surface area (Å²) < 4.78 is 18.5. The van der Waals surface area contributed by atoms with Gasteiger partial charge in [-0.2, -0.15) is 0 Å². The van der Waals surface area contributed by atoms with Gasteiger partial charge in [-0.15, -0.1) is 11.8 Å². The van der Waals surface area contributed by atoms with E-state index in [4.69, 9.17) is 15.9 Å². The molecule has 0 aliphatic carbocycles. The summed E-state index contributed by atoms with van der Waals surface area (Å²) in [5, 5.41) is 7.64. The molecule has 0 spiro atoms. The van der Waals surface area contributed by atoms with Crippen LogP contribution in [-0.2, 0) is 0 Å². The van der Waals surface area contributed by atoms with Crippen molar-refractivity contribution in [2.75, 3.05) is 6.26 Å². The average molecular weight is 276 g/mol. The number of hydrogen-bond acceptors (Lipinski definition) is 3. The fraction of sp³-hybridized carbons (Fsp3) is 0.0714. The Labute approximate surface area is 115 Å². The molecule has 2 rings (SSSR count). The van der Waals surface area contributed by atoms with E-state index in [1.54, 1.807) is 6.07 Å². The van der Waals surface area contributed by atoms with Gasteiger partial charge in [-0.25, -0.2) is 4.39 Å². The molecule has 0 radical (unpaired) electrons. The van der Waals surface area contributed by atoms with E-state index in [-0.39, 0.29) is 11.7 Å². The quantitative estimate of drug-likeness (QED) is 0.509. The molecule has 5 heteroatoms. The van der Waals surface area contributed by atoms with E-state index in [2.05, 4.69) is 0 Å². The molecule has 0 saturated carbocycles. The van der Waals surface area contributed by atoms with Gasteiger partial charge in [0.15, 0.2) is 0 Å². The van der Waals surface area contributed by atoms with Crippen LogP contribution in [0.3, 0.4) is 0 Å². The van der Waals surface area contributed by atoms with Crippen LogP contribution >= 0.6 is 11.8 Å². The van der Waals surface area contributed by atoms with E-state index in [1.165, 1.54) is 36.0 Å². The van der Waals surface area contributed by atoms with E-state index in [1.807, 2.05) is 18.4 Å². The zero-order valence-corrected chi connectivity index (χ0v) is 11.1. The van der Waals surface area contributed by atoms with Crippen molar-refractivity contribution in [3.8, 4) is 11.5 Å². The summed E-state index contributed by atoms with van der Waals surface area (Å²) in [6.45, 7) is 0. The third-order valence-electron chi connectivity index (χ3n) is 2.52. The van der Waals surface area contributed by atoms with E-state index in [9.17, 15) is 4.39 Å². The number of ether oxygens (including phenoxy) is 1. The standard InChI is InChI=1S/C14H13FN2OS/c1-19-12-4-2-3-11(13(12)14(16)17)18-10-7-5-9(15)6-8-10/h2-8H,1H3,(H3,16,17). The molecular formula is C14H13FN2OS. The number of nitrogens with two attached hydrogens (primary N) is 1. The Balaban J connectivity index is 2.39. The van der Waals surface area contributed by atoms with Crippen LogP contribution in [0.1, 0.15) is 5.56 Å². The van der Waals surface area contributed by atoms with Gasteiger partial charge >= 0.3 is 0 Å². The molecule has 0 unspecified atom stereocenters. The summed E-state index contributed by atoms with van der Waals surface area (Å²) in [4.78, 5) is 0.868. The number of halogens is 1. The maximum absolute atomic E-state index is 12.8. The maximum Gasteiger partial charge on any atom is 0.139 e. The molecule has 2 aromatic carbocycles. The van der Waals surface area contributed by atoms with Gasteiger partial charge < -0.3 is 10.5 Å². The van der Waals surface area contributed by atoms with Gasteiger partial charge in [0.05, 0.1) is 5.56 Å². The highest BCUT2D eigenvalue weighted by Gasteiger charge is 2.12. The molecule has 0 saturated heterocycles. The molecule has 2 aromatic rings. The largest absolute Gasteiger partial charge is 0.457 e. The molecule has 0 fully saturated rings. The third-order valence-corrected chi connectivity index (χ3v) is 3.30. The minimum atomic E-state index is -0.322. The van der Waals surface area contributed by atoms with Gasteiger partial charge in [-0.3, -0.25) is 5.41 Å². The monoisotopic (exact) mass is 276 g/mol. The first-order valence-corrected chi connectivity index (χ1v) is 6.79. The molecule has 0 bridgehead atoms. The molecule has 3 N–H and O–H groups in total. The van der Waals surface area contributed by atoms with Crippen LogP contribution in [0.2, 0.25) is 0 Å². The number of hydrogen-bond donors (Lipinski definition) is 2. The summed E-state index contributed by atoms with van der Waals surface area (Å²) >= 11 is 1.49. The van der Waals surface area contributed by atoms with Crippen LogP contribution in [0.25, 0.3) is 0 Å². The Morgan fingerprint density at radius 2 is 1.89 bits per heavy atom. The van der Waals surface area contributed by atoms with Gasteiger partial charge in [-0.1, -0.05) is 6.07 Å². The van der Waals surface area contributed by atoms with Crippen LogP contribution in [0.5, 0.6) is 11.5 Å². The van der Waals surface area contributed by atoms with E-state index in [0.717, 1.165) is 4.90 Å². The Kier molecular flexibility index (Phi) is 4.06. The summed E-state index contributed by atoms with van der Waals surface area (Å²) in [7, 11) is 0. The van der Waals surface area contributed by atoms with Crippen LogP contribution in [0.4, 0.5) is 4.39 Å². The van der Waals surface area contributed by atoms with E-state index >= 15 is 0 Å². The van der Waals surface area contributed by atoms with Crippen molar-refractivity contribution in [3.05, 3.63) is 53.8 Å². The molecule has 0 heterocycles. The lowest BCUT2D eigenvalue weighted by molar-refractivity contribution is 0.478. The van der Waals surface area contributed by atoms with E-state index in [0.29, 0.717) is 17.1 Å². The normalized spacial score (nSPS) is 10.2. The Bertz CT molecular complexity index is 599. The number of nitrogens with one attached hydrogen (secondary N) is 1. The SMILES string of the molecule is CSc1cccc(Oc2ccc(F)cc2)c1C(=N)N. The number of rotatable bonds is 4. The lowest BCUT2D eigenvalue weighted by Crippen LogP contribution is -2.13. The third kappa shape index (κ3) is 3.06. The van der Waals surface area contributed by atoms with Gasteiger partial charge in [0.1, 0.15) is 23.2 Å². The summed E-state index contributed by atoms with van der Waals surface area (Å²) in [6, 6.07) is 11.1. The van der Waals surface area contributed by atoms with Gasteiger partial charge in [0, 0.05) is 4.90 Å². The molecule has 19 heavy (non-hydrogen) atoms. The predicted molar refractivity (Wildman–Crippen MR) is 75.7 cm³/mol. The molecule has 98 valence electrons. The van der Waals surface area contributed by atoms with Crippen LogP contribution < -0.4 is 10.5 Å². The smallest absolute Gasteiger partial charge is 0.139 e. The Morgan fingerprint density at radius 3 is 2.47 bits per heavy atom. The fourth-order valence-electron chi connectivity index (χ4n) is 1.66. The molecule has 3 nitrogen and oxygen atoms in total. The summed E-state index contributed by atoms with van der Waals surface area (Å²) in [6.07, 6.45) is 1.91. The minimum absolute atomic E-state index is 0.0536. The predicted octanol–water partition coefficient (Wildman–Crippen LogP) is 3.62. The highest BCUT2D eigenvalue weighted by Crippen LogP contribution is 2.31. The molecule has 0 aliphatic heterocycles. The first-order chi connectivity index (χ1) is 9.11. The lowest BCUT2D eigenvalue weighted by Gasteiger charge is -2.13. The van der Waals surface area contributed by atoms with Crippen molar-refractivity contribution in [2.24, 2.45) is 5.73 Å². The average Bonchev–Trinajstić information content (AvgIpc) is 2.40. The molecule has 0 aromatic heterocycles. The second-order valence-corrected chi connectivity index (χ2v) is 4.65. The zero-order valence-electron chi connectivity index (χ0n) is 10.3. The van der Waals surface area contributed by atoms with E-state index < -0.39 is 0 Å². The molecular weight excluding hydrogens is 263 g/mol. The molecule has 0 amide bonds. The molecule has 0 atom stereocenters. The number of amidine groups is 1. The summed E-state index contributed by atoms with van der Waals surface area (Å²) in [5.74, 6) is 0.618. The second kappa shape index (κ2) is 5.75. The highest BCUT2D eigenvalue weighted by atomic mass is 32.2. The highest BCUT2D eigenvalue weighted by molar-refractivity contribution is 7.98. The van der Waals surface area contributed by atoms with Gasteiger partial charge in [0.25, 0.3) is 0 Å². The minimum Gasteiger partial charge on any atom is -0.457 e. The first kappa shape index (κ1) is 13.4. The molecule has 0 aliphatic rings. The van der Waals surface area contributed by atoms with Crippen molar-refractivity contribution in [2.45, 2.75) is 4.90 Å². The van der Waals surface area contributed by atoms with Crippen molar-refractivity contribution in [1.29, 1.82) is 5.41 Å². The van der Waals surface area contributed by atoms with Crippen molar-refractivity contribution in [1.82, 2.24) is 0 Å². The number of nitrogen functional groups attached to an aromatic ring is 1. The van der Waals surface area contributed by atoms with Gasteiger partial charge in [0.2, 0.25) is 0 Å². The second-order valence-electron chi connectivity index (χ2n) is 3.80. The summed E-state index contributed by atoms with van der Waals surface area (Å²) in [5.41, 5.74) is 6.15. The van der Waals surface area contributed by atoms with Crippen LogP contribution in [0, 0.1) is 11.2 Å². The first-order valence-electron chi connectivity index (χ1n) is 5.56. The van der Waals surface area contributed by atoms with Crippen LogP contribution in [0.15, 0.2) is 47.4 Å². The lowest BCUT2D eigenvalue weighted by atomic mass is 10.2. The maximum atomic E-state index is 12.8. The topological polar surface area (TPSA) is 59.1 Å². The Morgan fingerprint density at radius 1 is 1.21 bits per heavy atom. The Hall–Kier alpha value is -2.01. The van der Waals surface area contributed by atoms with Gasteiger partial charge in [-0.05, 0) is 42.7 Å². The van der Waals surface area contributed by atoms with Crippen molar-refractivity contribution in [3.63, 3.8) is 0 Å². The van der Waals surface area contributed by atoms with Crippen molar-refractivity contribution < 1.29 is 9.13 Å². The zero-order chi connectivity index (χ0) is 13.8. The van der Waals surface area contributed by atoms with Crippen LogP contribution in [-0.4, -0.2) is 12.1 Å².